The maximum atomic E-state index is 12.5. The van der Waals surface area contributed by atoms with Crippen molar-refractivity contribution in [3.63, 3.8) is 0 Å². The first-order valence-corrected chi connectivity index (χ1v) is 14.3. The summed E-state index contributed by atoms with van der Waals surface area (Å²) < 4.78 is 5.53. The van der Waals surface area contributed by atoms with E-state index in [4.69, 9.17) is 4.74 Å². The maximum absolute atomic E-state index is 12.5. The van der Waals surface area contributed by atoms with Gasteiger partial charge in [-0.1, -0.05) is 51.1 Å². The Hall–Kier alpha value is -1.39. The zero-order valence-electron chi connectivity index (χ0n) is 22.0. The van der Waals surface area contributed by atoms with Gasteiger partial charge in [-0.3, -0.25) is 4.79 Å². The molecule has 194 valence electrons. The van der Waals surface area contributed by atoms with E-state index in [2.05, 4.69) is 20.8 Å². The molecule has 5 rings (SSSR count). The van der Waals surface area contributed by atoms with Gasteiger partial charge in [0.25, 0.3) is 0 Å². The Kier molecular flexibility index (Phi) is 7.09. The summed E-state index contributed by atoms with van der Waals surface area (Å²) in [6.45, 7) is 7.49. The van der Waals surface area contributed by atoms with Crippen LogP contribution in [0.5, 0.6) is 0 Å². The zero-order chi connectivity index (χ0) is 24.8. The van der Waals surface area contributed by atoms with Crippen molar-refractivity contribution in [1.82, 2.24) is 0 Å². The molecule has 10 atom stereocenters. The van der Waals surface area contributed by atoms with Crippen LogP contribution in [0.25, 0.3) is 0 Å². The van der Waals surface area contributed by atoms with Crippen molar-refractivity contribution in [1.29, 1.82) is 0 Å². The van der Waals surface area contributed by atoms with Crippen molar-refractivity contribution >= 4 is 5.97 Å². The van der Waals surface area contributed by atoms with Gasteiger partial charge in [0.05, 0.1) is 12.2 Å². The molecule has 0 heterocycles. The second-order valence-electron chi connectivity index (χ2n) is 13.0. The summed E-state index contributed by atoms with van der Waals surface area (Å²) in [7, 11) is 0. The Balaban J connectivity index is 1.22. The molecule has 4 saturated carbocycles. The lowest BCUT2D eigenvalue weighted by atomic mass is 9.43. The maximum Gasteiger partial charge on any atom is 0.306 e. The molecular weight excluding hydrogens is 436 g/mol. The number of aliphatic hydroxyl groups excluding tert-OH is 2. The summed E-state index contributed by atoms with van der Waals surface area (Å²) in [4.78, 5) is 12.5. The van der Waals surface area contributed by atoms with E-state index in [0.29, 0.717) is 48.5 Å². The molecule has 4 fully saturated rings. The molecule has 0 bridgehead atoms. The fourth-order valence-corrected chi connectivity index (χ4v) is 9.52. The molecular formula is C31H46O4. The number of carbonyl (C=O) groups excluding carboxylic acids is 1. The lowest BCUT2D eigenvalue weighted by Gasteiger charge is -2.62. The van der Waals surface area contributed by atoms with Crippen molar-refractivity contribution < 1.29 is 19.7 Å². The molecule has 2 N–H and O–H groups in total. The normalized spacial score (nSPS) is 43.5. The molecule has 4 heteroatoms. The molecule has 4 aliphatic rings. The van der Waals surface area contributed by atoms with Gasteiger partial charge in [-0.25, -0.2) is 0 Å². The summed E-state index contributed by atoms with van der Waals surface area (Å²) in [6, 6.07) is 9.86. The van der Waals surface area contributed by atoms with Gasteiger partial charge in [0.15, 0.2) is 0 Å². The Morgan fingerprint density at radius 2 is 1.80 bits per heavy atom. The molecule has 0 spiro atoms. The molecule has 35 heavy (non-hydrogen) atoms. The number of aliphatic hydroxyl groups is 2. The molecule has 0 aromatic heterocycles. The van der Waals surface area contributed by atoms with Crippen LogP contribution >= 0.6 is 0 Å². The van der Waals surface area contributed by atoms with Crippen LogP contribution in [-0.4, -0.2) is 28.4 Å². The highest BCUT2D eigenvalue weighted by molar-refractivity contribution is 5.69. The Labute approximate surface area is 211 Å². The third-order valence-corrected chi connectivity index (χ3v) is 11.5. The highest BCUT2D eigenvalue weighted by atomic mass is 16.5. The van der Waals surface area contributed by atoms with Crippen molar-refractivity contribution in [3.05, 3.63) is 35.9 Å². The van der Waals surface area contributed by atoms with E-state index in [1.165, 1.54) is 25.7 Å². The number of fused-ring (bicyclic) bond motifs is 5. The van der Waals surface area contributed by atoms with E-state index < -0.39 is 0 Å². The van der Waals surface area contributed by atoms with E-state index in [1.807, 2.05) is 30.3 Å². The largest absolute Gasteiger partial charge is 0.461 e. The van der Waals surface area contributed by atoms with Crippen LogP contribution in [0.3, 0.4) is 0 Å². The Bertz CT molecular complexity index is 885. The van der Waals surface area contributed by atoms with Crippen LogP contribution in [0.4, 0.5) is 0 Å². The molecule has 4 nitrogen and oxygen atoms in total. The topological polar surface area (TPSA) is 66.8 Å². The number of hydrogen-bond donors (Lipinski definition) is 2. The van der Waals surface area contributed by atoms with Crippen LogP contribution in [0.15, 0.2) is 30.3 Å². The highest BCUT2D eigenvalue weighted by Crippen LogP contribution is 2.68. The predicted octanol–water partition coefficient (Wildman–Crippen LogP) is 6.14. The van der Waals surface area contributed by atoms with Gasteiger partial charge < -0.3 is 14.9 Å². The van der Waals surface area contributed by atoms with E-state index in [0.717, 1.165) is 37.7 Å². The highest BCUT2D eigenvalue weighted by Gasteiger charge is 2.63. The van der Waals surface area contributed by atoms with Gasteiger partial charge in [0, 0.05) is 6.42 Å². The van der Waals surface area contributed by atoms with Crippen LogP contribution in [0.2, 0.25) is 0 Å². The van der Waals surface area contributed by atoms with Crippen molar-refractivity contribution in [2.24, 2.45) is 46.3 Å². The second kappa shape index (κ2) is 9.82. The summed E-state index contributed by atoms with van der Waals surface area (Å²) in [5, 5.41) is 22.0. The minimum absolute atomic E-state index is 0.0497. The lowest BCUT2D eigenvalue weighted by molar-refractivity contribution is -0.175. The fourth-order valence-electron chi connectivity index (χ4n) is 9.52. The van der Waals surface area contributed by atoms with Gasteiger partial charge in [-0.15, -0.1) is 0 Å². The molecule has 0 saturated heterocycles. The van der Waals surface area contributed by atoms with Gasteiger partial charge in [-0.05, 0) is 110 Å². The SMILES string of the molecule is C[C@H](CCC(=O)OCc1ccccc1)C1CCC2C3CCC4C[C@H](O)CC[C@]4(C)C3C[C@H](O)[C@@]21C. The van der Waals surface area contributed by atoms with Crippen LogP contribution in [-0.2, 0) is 16.1 Å². The first-order valence-electron chi connectivity index (χ1n) is 14.3. The second-order valence-corrected chi connectivity index (χ2v) is 13.0. The van der Waals surface area contributed by atoms with E-state index >= 15 is 0 Å². The van der Waals surface area contributed by atoms with Crippen molar-refractivity contribution in [3.8, 4) is 0 Å². The standard InChI is InChI=1S/C31H46O4/c1-20(9-14-29(34)35-19-21-7-5-4-6-8-21)25-12-13-26-24-11-10-22-17-23(32)15-16-30(22,2)27(24)18-28(33)31(25,26)3/h4-8,20,22-28,32-33H,9-19H2,1-3H3/t20-,22?,23-,24?,25?,26?,27?,28+,30+,31-/m1/s1. The molecule has 4 aliphatic carbocycles. The third kappa shape index (κ3) is 4.48. The van der Waals surface area contributed by atoms with Crippen LogP contribution in [0.1, 0.15) is 90.5 Å². The first-order chi connectivity index (χ1) is 16.7. The molecule has 1 aromatic rings. The quantitative estimate of drug-likeness (QED) is 0.478. The minimum Gasteiger partial charge on any atom is -0.461 e. The monoisotopic (exact) mass is 482 g/mol. The summed E-state index contributed by atoms with van der Waals surface area (Å²) in [5.74, 6) is 3.23. The smallest absolute Gasteiger partial charge is 0.306 e. The number of esters is 1. The van der Waals surface area contributed by atoms with E-state index in [1.54, 1.807) is 0 Å². The van der Waals surface area contributed by atoms with Gasteiger partial charge in [0.2, 0.25) is 0 Å². The number of carbonyl (C=O) groups is 1. The fraction of sp³-hybridized carbons (Fsp3) is 0.774. The Morgan fingerprint density at radius 3 is 2.57 bits per heavy atom. The first kappa shape index (κ1) is 25.3. The van der Waals surface area contributed by atoms with E-state index in [-0.39, 0.29) is 29.0 Å². The number of benzene rings is 1. The Morgan fingerprint density at radius 1 is 1.03 bits per heavy atom. The predicted molar refractivity (Wildman–Crippen MR) is 137 cm³/mol. The number of ether oxygens (including phenoxy) is 1. The van der Waals surface area contributed by atoms with Gasteiger partial charge in [-0.2, -0.15) is 0 Å². The van der Waals surface area contributed by atoms with Crippen molar-refractivity contribution in [2.75, 3.05) is 0 Å². The minimum atomic E-state index is -0.267. The van der Waals surface area contributed by atoms with Crippen LogP contribution < -0.4 is 0 Å². The summed E-state index contributed by atoms with van der Waals surface area (Å²) in [5.41, 5.74) is 1.25. The van der Waals surface area contributed by atoms with Crippen molar-refractivity contribution in [2.45, 2.75) is 104 Å². The number of rotatable bonds is 6. The van der Waals surface area contributed by atoms with Crippen LogP contribution in [0, 0.1) is 46.3 Å². The molecule has 0 radical (unpaired) electrons. The lowest BCUT2D eigenvalue weighted by Crippen LogP contribution is -2.58. The van der Waals surface area contributed by atoms with Gasteiger partial charge >= 0.3 is 5.97 Å². The van der Waals surface area contributed by atoms with E-state index in [9.17, 15) is 15.0 Å². The molecule has 5 unspecified atom stereocenters. The van der Waals surface area contributed by atoms with Gasteiger partial charge in [0.1, 0.15) is 6.61 Å². The summed E-state index contributed by atoms with van der Waals surface area (Å²) in [6.07, 6.45) is 9.69. The average molecular weight is 483 g/mol. The zero-order valence-corrected chi connectivity index (χ0v) is 22.0. The average Bonchev–Trinajstić information content (AvgIpc) is 3.22. The number of hydrogen-bond acceptors (Lipinski definition) is 4. The molecule has 0 amide bonds. The summed E-state index contributed by atoms with van der Waals surface area (Å²) >= 11 is 0. The molecule has 1 aromatic carbocycles. The molecule has 0 aliphatic heterocycles. The third-order valence-electron chi connectivity index (χ3n) is 11.5.